The zero-order chi connectivity index (χ0) is 13.2. The molecule has 2 atom stereocenters. The van der Waals surface area contributed by atoms with Gasteiger partial charge < -0.3 is 0 Å². The van der Waals surface area contributed by atoms with Gasteiger partial charge in [0.05, 0.1) is 11.4 Å². The fourth-order valence-electron chi connectivity index (χ4n) is 1.71. The lowest BCUT2D eigenvalue weighted by Crippen LogP contribution is -2.37. The predicted molar refractivity (Wildman–Crippen MR) is 67.3 cm³/mol. The molecule has 2 N–H and O–H groups in total. The van der Waals surface area contributed by atoms with Crippen LogP contribution in [-0.4, -0.2) is 24.7 Å². The van der Waals surface area contributed by atoms with E-state index in [4.69, 9.17) is 0 Å². The van der Waals surface area contributed by atoms with Gasteiger partial charge >= 0.3 is 0 Å². The second-order valence-electron chi connectivity index (χ2n) is 4.56. The van der Waals surface area contributed by atoms with Crippen molar-refractivity contribution in [3.8, 4) is 0 Å². The fourth-order valence-corrected chi connectivity index (χ4v) is 3.43. The minimum Gasteiger partial charge on any atom is -0.281 e. The van der Waals surface area contributed by atoms with Crippen molar-refractivity contribution in [3.05, 3.63) is 11.4 Å². The second-order valence-corrected chi connectivity index (χ2v) is 6.21. The molecule has 6 heteroatoms. The lowest BCUT2D eigenvalue weighted by atomic mass is 10.0. The Morgan fingerprint density at radius 3 is 2.35 bits per heavy atom. The molecule has 0 saturated heterocycles. The van der Waals surface area contributed by atoms with E-state index in [1.54, 1.807) is 13.8 Å². The van der Waals surface area contributed by atoms with Crippen molar-refractivity contribution < 1.29 is 8.42 Å². The molecule has 1 aromatic rings. The number of H-pyrrole nitrogens is 1. The van der Waals surface area contributed by atoms with Crippen LogP contribution in [0.3, 0.4) is 0 Å². The van der Waals surface area contributed by atoms with Gasteiger partial charge in [-0.05, 0) is 26.7 Å². The number of aryl methyl sites for hydroxylation is 2. The first kappa shape index (κ1) is 14.2. The van der Waals surface area contributed by atoms with Gasteiger partial charge in [-0.2, -0.15) is 5.10 Å². The van der Waals surface area contributed by atoms with E-state index in [9.17, 15) is 8.42 Å². The Morgan fingerprint density at radius 1 is 1.35 bits per heavy atom. The summed E-state index contributed by atoms with van der Waals surface area (Å²) in [6, 6.07) is -0.0845. The summed E-state index contributed by atoms with van der Waals surface area (Å²) < 4.78 is 27.1. The number of sulfonamides is 1. The summed E-state index contributed by atoms with van der Waals surface area (Å²) in [4.78, 5) is 0.271. The average Bonchev–Trinajstić information content (AvgIpc) is 2.57. The van der Waals surface area contributed by atoms with E-state index in [0.29, 0.717) is 17.3 Å². The van der Waals surface area contributed by atoms with Crippen LogP contribution in [0.2, 0.25) is 0 Å². The summed E-state index contributed by atoms with van der Waals surface area (Å²) in [7, 11) is -3.48. The maximum atomic E-state index is 12.2. The molecule has 0 fully saturated rings. The van der Waals surface area contributed by atoms with E-state index in [0.717, 1.165) is 6.42 Å². The monoisotopic (exact) mass is 259 g/mol. The predicted octanol–water partition coefficient (Wildman–Crippen LogP) is 1.74. The SMILES string of the molecule is CCC(C)C(C)NS(=O)(=O)c1c(C)n[nH]c1C. The molecule has 17 heavy (non-hydrogen) atoms. The molecule has 0 aromatic carbocycles. The quantitative estimate of drug-likeness (QED) is 0.845. The van der Waals surface area contributed by atoms with Crippen molar-refractivity contribution in [2.45, 2.75) is 52.0 Å². The van der Waals surface area contributed by atoms with Crippen molar-refractivity contribution in [2.75, 3.05) is 0 Å². The molecular formula is C11H21N3O2S. The topological polar surface area (TPSA) is 74.8 Å². The van der Waals surface area contributed by atoms with Crippen molar-refractivity contribution in [1.29, 1.82) is 0 Å². The van der Waals surface area contributed by atoms with E-state index >= 15 is 0 Å². The van der Waals surface area contributed by atoms with Crippen LogP contribution in [0.5, 0.6) is 0 Å². The Balaban J connectivity index is 2.98. The van der Waals surface area contributed by atoms with Gasteiger partial charge in [0.15, 0.2) is 0 Å². The van der Waals surface area contributed by atoms with Crippen LogP contribution in [0.1, 0.15) is 38.6 Å². The van der Waals surface area contributed by atoms with E-state index in [-0.39, 0.29) is 10.9 Å². The van der Waals surface area contributed by atoms with Gasteiger partial charge in [-0.1, -0.05) is 20.3 Å². The van der Waals surface area contributed by atoms with Crippen LogP contribution in [-0.2, 0) is 10.0 Å². The van der Waals surface area contributed by atoms with Crippen molar-refractivity contribution in [2.24, 2.45) is 5.92 Å². The van der Waals surface area contributed by atoms with Gasteiger partial charge in [-0.25, -0.2) is 13.1 Å². The van der Waals surface area contributed by atoms with Gasteiger partial charge in [0.1, 0.15) is 4.90 Å². The molecule has 1 heterocycles. The molecule has 0 aliphatic rings. The molecule has 1 aromatic heterocycles. The van der Waals surface area contributed by atoms with Gasteiger partial charge in [0.25, 0.3) is 0 Å². The minimum absolute atomic E-state index is 0.0845. The van der Waals surface area contributed by atoms with E-state index < -0.39 is 10.0 Å². The van der Waals surface area contributed by atoms with Crippen LogP contribution in [0.15, 0.2) is 4.90 Å². The summed E-state index contributed by atoms with van der Waals surface area (Å²) in [6.07, 6.45) is 0.938. The highest BCUT2D eigenvalue weighted by Crippen LogP contribution is 2.18. The average molecular weight is 259 g/mol. The smallest absolute Gasteiger partial charge is 0.244 e. The van der Waals surface area contributed by atoms with Crippen LogP contribution < -0.4 is 4.72 Å². The minimum atomic E-state index is -3.48. The summed E-state index contributed by atoms with van der Waals surface area (Å²) in [6.45, 7) is 9.36. The molecule has 0 saturated carbocycles. The molecule has 0 bridgehead atoms. The number of rotatable bonds is 5. The molecule has 0 radical (unpaired) electrons. The van der Waals surface area contributed by atoms with Crippen molar-refractivity contribution in [1.82, 2.24) is 14.9 Å². The third-order valence-electron chi connectivity index (χ3n) is 3.17. The van der Waals surface area contributed by atoms with Gasteiger partial charge in [0.2, 0.25) is 10.0 Å². The van der Waals surface area contributed by atoms with E-state index in [1.807, 2.05) is 20.8 Å². The van der Waals surface area contributed by atoms with E-state index in [1.165, 1.54) is 0 Å². The molecule has 0 aliphatic carbocycles. The van der Waals surface area contributed by atoms with Crippen molar-refractivity contribution >= 4 is 10.0 Å². The lowest BCUT2D eigenvalue weighted by Gasteiger charge is -2.19. The Hall–Kier alpha value is -0.880. The first-order valence-corrected chi connectivity index (χ1v) is 7.31. The Bertz CT molecular complexity index is 459. The largest absolute Gasteiger partial charge is 0.281 e. The Labute approximate surface area is 103 Å². The highest BCUT2D eigenvalue weighted by atomic mass is 32.2. The third-order valence-corrected chi connectivity index (χ3v) is 4.99. The van der Waals surface area contributed by atoms with E-state index in [2.05, 4.69) is 14.9 Å². The molecule has 0 aliphatic heterocycles. The maximum absolute atomic E-state index is 12.2. The zero-order valence-corrected chi connectivity index (χ0v) is 11.9. The van der Waals surface area contributed by atoms with Crippen LogP contribution in [0, 0.1) is 19.8 Å². The zero-order valence-electron chi connectivity index (χ0n) is 11.0. The number of aromatic nitrogens is 2. The third kappa shape index (κ3) is 3.07. The molecule has 0 amide bonds. The van der Waals surface area contributed by atoms with Crippen LogP contribution in [0.25, 0.3) is 0 Å². The summed E-state index contributed by atoms with van der Waals surface area (Å²) in [5.74, 6) is 0.303. The normalized spacial score (nSPS) is 15.8. The molecule has 5 nitrogen and oxygen atoms in total. The Kier molecular flexibility index (Phi) is 4.32. The summed E-state index contributed by atoms with van der Waals surface area (Å²) >= 11 is 0. The standard InChI is InChI=1S/C11H21N3O2S/c1-6-7(2)8(3)14-17(15,16)11-9(4)12-13-10(11)5/h7-8,14H,6H2,1-5H3,(H,12,13). The molecular weight excluding hydrogens is 238 g/mol. The first-order valence-electron chi connectivity index (χ1n) is 5.83. The second kappa shape index (κ2) is 5.18. The van der Waals surface area contributed by atoms with Gasteiger partial charge in [-0.15, -0.1) is 0 Å². The number of hydrogen-bond acceptors (Lipinski definition) is 3. The first-order chi connectivity index (χ1) is 7.79. The number of nitrogens with zero attached hydrogens (tertiary/aromatic N) is 1. The molecule has 1 rings (SSSR count). The number of aromatic amines is 1. The highest BCUT2D eigenvalue weighted by molar-refractivity contribution is 7.89. The summed E-state index contributed by atoms with van der Waals surface area (Å²) in [5.41, 5.74) is 1.08. The number of hydrogen-bond donors (Lipinski definition) is 2. The summed E-state index contributed by atoms with van der Waals surface area (Å²) in [5, 5.41) is 6.60. The van der Waals surface area contributed by atoms with Crippen LogP contribution in [0.4, 0.5) is 0 Å². The van der Waals surface area contributed by atoms with Crippen molar-refractivity contribution in [3.63, 3.8) is 0 Å². The molecule has 0 spiro atoms. The highest BCUT2D eigenvalue weighted by Gasteiger charge is 2.25. The van der Waals surface area contributed by atoms with Gasteiger partial charge in [-0.3, -0.25) is 5.10 Å². The number of nitrogens with one attached hydrogen (secondary N) is 2. The molecule has 2 unspecified atom stereocenters. The lowest BCUT2D eigenvalue weighted by molar-refractivity contribution is 0.434. The van der Waals surface area contributed by atoms with Gasteiger partial charge in [0, 0.05) is 6.04 Å². The maximum Gasteiger partial charge on any atom is 0.244 e. The van der Waals surface area contributed by atoms with Crippen LogP contribution >= 0.6 is 0 Å². The Morgan fingerprint density at radius 2 is 1.94 bits per heavy atom. The fraction of sp³-hybridized carbons (Fsp3) is 0.727. The molecule has 98 valence electrons.